The van der Waals surface area contributed by atoms with E-state index in [1.165, 1.54) is 18.7 Å². The third kappa shape index (κ3) is 8.77. The number of benzene rings is 4. The Balaban J connectivity index is 1.44. The van der Waals surface area contributed by atoms with Gasteiger partial charge in [-0.15, -0.1) is 0 Å². The molecule has 1 heterocycles. The quantitative estimate of drug-likeness (QED) is 0.160. The Kier molecular flexibility index (Phi) is 11.2. The molecule has 0 aromatic heterocycles. The van der Waals surface area contributed by atoms with Crippen molar-refractivity contribution >= 4 is 17.7 Å². The molecule has 0 N–H and O–H groups in total. The van der Waals surface area contributed by atoms with E-state index < -0.39 is 35.8 Å². The Bertz CT molecular complexity index is 1340. The van der Waals surface area contributed by atoms with Crippen LogP contribution in [0.5, 0.6) is 0 Å². The van der Waals surface area contributed by atoms with Crippen molar-refractivity contribution in [3.05, 3.63) is 138 Å². The van der Waals surface area contributed by atoms with Crippen LogP contribution in [0.2, 0.25) is 0 Å². The molecule has 7 heteroatoms. The second-order valence-corrected chi connectivity index (χ2v) is 11.2. The molecule has 1 saturated heterocycles. The first-order valence-corrected chi connectivity index (χ1v) is 15.0. The van der Waals surface area contributed by atoms with Crippen molar-refractivity contribution in [3.63, 3.8) is 0 Å². The maximum atomic E-state index is 12.4. The normalized spacial score (nSPS) is 22.0. The molecule has 0 spiro atoms. The van der Waals surface area contributed by atoms with Gasteiger partial charge in [-0.1, -0.05) is 121 Å². The third-order valence-electron chi connectivity index (χ3n) is 6.85. The van der Waals surface area contributed by atoms with Crippen molar-refractivity contribution in [2.45, 2.75) is 61.5 Å². The summed E-state index contributed by atoms with van der Waals surface area (Å²) < 4.78 is 32.0. The molecule has 4 aromatic rings. The van der Waals surface area contributed by atoms with Gasteiger partial charge in [0.25, 0.3) is 0 Å². The van der Waals surface area contributed by atoms with Gasteiger partial charge in [0, 0.05) is 11.8 Å². The number of hydrogen-bond acceptors (Lipinski definition) is 7. The van der Waals surface area contributed by atoms with Crippen molar-refractivity contribution in [2.75, 3.05) is 6.61 Å². The summed E-state index contributed by atoms with van der Waals surface area (Å²) in [5, 5.41) is 0. The zero-order valence-corrected chi connectivity index (χ0v) is 24.4. The lowest BCUT2D eigenvalue weighted by Gasteiger charge is -2.45. The van der Waals surface area contributed by atoms with E-state index in [0.29, 0.717) is 19.8 Å². The molecule has 0 aliphatic carbocycles. The second kappa shape index (κ2) is 15.7. The topological polar surface area (TPSA) is 63.2 Å². The molecule has 0 saturated carbocycles. The smallest absolute Gasteiger partial charge is 0.303 e. The Morgan fingerprint density at radius 3 is 1.64 bits per heavy atom. The van der Waals surface area contributed by atoms with Gasteiger partial charge in [-0.2, -0.15) is 0 Å². The summed E-state index contributed by atoms with van der Waals surface area (Å²) in [7, 11) is 0. The van der Waals surface area contributed by atoms with E-state index in [-0.39, 0.29) is 6.61 Å². The van der Waals surface area contributed by atoms with Crippen molar-refractivity contribution in [1.29, 1.82) is 0 Å². The molecule has 5 rings (SSSR count). The molecule has 1 fully saturated rings. The van der Waals surface area contributed by atoms with Crippen molar-refractivity contribution in [2.24, 2.45) is 0 Å². The number of thioether (sulfide) groups is 1. The van der Waals surface area contributed by atoms with Crippen LogP contribution in [0.4, 0.5) is 0 Å². The van der Waals surface area contributed by atoms with Gasteiger partial charge in [0.2, 0.25) is 0 Å². The first-order valence-electron chi connectivity index (χ1n) is 14.1. The highest BCUT2D eigenvalue weighted by molar-refractivity contribution is 7.99. The molecule has 4 aromatic carbocycles. The monoisotopic (exact) mass is 584 g/mol. The average molecular weight is 585 g/mol. The van der Waals surface area contributed by atoms with Gasteiger partial charge in [-0.25, -0.2) is 0 Å². The summed E-state index contributed by atoms with van der Waals surface area (Å²) in [5.74, 6) is -0.406. The molecule has 1 aliphatic heterocycles. The lowest BCUT2D eigenvalue weighted by molar-refractivity contribution is -0.249. The average Bonchev–Trinajstić information content (AvgIpc) is 3.02. The Hall–Kier alpha value is -3.46. The minimum Gasteiger partial charge on any atom is -0.456 e. The maximum Gasteiger partial charge on any atom is 0.303 e. The highest BCUT2D eigenvalue weighted by Crippen LogP contribution is 2.38. The molecule has 1 aliphatic rings. The molecule has 0 radical (unpaired) electrons. The van der Waals surface area contributed by atoms with E-state index in [1.807, 2.05) is 121 Å². The summed E-state index contributed by atoms with van der Waals surface area (Å²) in [5.41, 5.74) is 2.56. The van der Waals surface area contributed by atoms with E-state index >= 15 is 0 Å². The summed E-state index contributed by atoms with van der Waals surface area (Å²) in [6, 6.07) is 39.9. The summed E-state index contributed by atoms with van der Waals surface area (Å²) in [6.07, 6.45) is -2.38. The van der Waals surface area contributed by atoms with Crippen molar-refractivity contribution < 1.29 is 28.5 Å². The van der Waals surface area contributed by atoms with Gasteiger partial charge in [-0.3, -0.25) is 4.79 Å². The molecule has 0 unspecified atom stereocenters. The second-order valence-electron chi connectivity index (χ2n) is 10.1. The van der Waals surface area contributed by atoms with Crippen LogP contribution in [0.15, 0.2) is 126 Å². The Labute approximate surface area is 251 Å². The standard InChI is InChI=1S/C35H36O6S/c1-26(36)40-34-33(39-24-29-18-10-4-11-19-29)32(38-23-28-16-8-3-9-17-28)31(25-37-22-27-14-6-2-7-15-27)41-35(34)42-30-20-12-5-13-21-30/h2-21,31-35H,22-25H2,1H3/t31-,32-,33+,34+,35+/m1/s1. The number of rotatable bonds is 13. The molecule has 218 valence electrons. The lowest BCUT2D eigenvalue weighted by atomic mass is 9.99. The van der Waals surface area contributed by atoms with Gasteiger partial charge >= 0.3 is 5.97 Å². The predicted molar refractivity (Wildman–Crippen MR) is 163 cm³/mol. The fraction of sp³-hybridized carbons (Fsp3) is 0.286. The van der Waals surface area contributed by atoms with Crippen LogP contribution in [-0.4, -0.2) is 42.4 Å². The number of esters is 1. The molecule has 0 amide bonds. The highest BCUT2D eigenvalue weighted by atomic mass is 32.2. The van der Waals surface area contributed by atoms with Crippen LogP contribution in [0.3, 0.4) is 0 Å². The van der Waals surface area contributed by atoms with E-state index in [2.05, 4.69) is 0 Å². The zero-order chi connectivity index (χ0) is 29.0. The molecular formula is C35H36O6S. The summed E-state index contributed by atoms with van der Waals surface area (Å²) in [6.45, 7) is 2.80. The number of hydrogen-bond donors (Lipinski definition) is 0. The van der Waals surface area contributed by atoms with Gasteiger partial charge in [0.15, 0.2) is 6.10 Å². The van der Waals surface area contributed by atoms with Gasteiger partial charge in [0.05, 0.1) is 26.4 Å². The molecular weight excluding hydrogens is 548 g/mol. The largest absolute Gasteiger partial charge is 0.456 e. The van der Waals surface area contributed by atoms with Crippen molar-refractivity contribution in [1.82, 2.24) is 0 Å². The molecule has 6 nitrogen and oxygen atoms in total. The fourth-order valence-corrected chi connectivity index (χ4v) is 5.97. The van der Waals surface area contributed by atoms with E-state index in [0.717, 1.165) is 21.6 Å². The van der Waals surface area contributed by atoms with E-state index in [1.54, 1.807) is 0 Å². The Morgan fingerprint density at radius 2 is 1.12 bits per heavy atom. The van der Waals surface area contributed by atoms with Crippen LogP contribution >= 0.6 is 11.8 Å². The van der Waals surface area contributed by atoms with E-state index in [9.17, 15) is 4.79 Å². The van der Waals surface area contributed by atoms with Crippen LogP contribution in [0, 0.1) is 0 Å². The van der Waals surface area contributed by atoms with E-state index in [4.69, 9.17) is 23.7 Å². The molecule has 5 atom stereocenters. The van der Waals surface area contributed by atoms with Crippen LogP contribution in [0.1, 0.15) is 23.6 Å². The minimum atomic E-state index is -0.720. The van der Waals surface area contributed by atoms with Gasteiger partial charge in [-0.05, 0) is 28.8 Å². The van der Waals surface area contributed by atoms with Gasteiger partial charge in [0.1, 0.15) is 23.7 Å². The first-order chi connectivity index (χ1) is 20.7. The molecule has 0 bridgehead atoms. The lowest BCUT2D eigenvalue weighted by Crippen LogP contribution is -2.60. The zero-order valence-electron chi connectivity index (χ0n) is 23.6. The van der Waals surface area contributed by atoms with Crippen LogP contribution < -0.4 is 0 Å². The molecule has 42 heavy (non-hydrogen) atoms. The first kappa shape index (κ1) is 30.0. The van der Waals surface area contributed by atoms with Crippen LogP contribution in [0.25, 0.3) is 0 Å². The SMILES string of the molecule is CC(=O)O[C@H]1[C@@H](OCc2ccccc2)[C@H](OCc2ccccc2)[C@@H](COCc2ccccc2)O[C@H]1Sc1ccccc1. The summed E-state index contributed by atoms with van der Waals surface area (Å²) in [4.78, 5) is 13.4. The predicted octanol–water partition coefficient (Wildman–Crippen LogP) is 6.82. The number of carbonyl (C=O) groups excluding carboxylic acids is 1. The van der Waals surface area contributed by atoms with Crippen molar-refractivity contribution in [3.8, 4) is 0 Å². The summed E-state index contributed by atoms with van der Waals surface area (Å²) >= 11 is 1.50. The fourth-order valence-electron chi connectivity index (χ4n) is 4.85. The number of ether oxygens (including phenoxy) is 5. The highest BCUT2D eigenvalue weighted by Gasteiger charge is 2.50. The maximum absolute atomic E-state index is 12.4. The Morgan fingerprint density at radius 1 is 0.643 bits per heavy atom. The van der Waals surface area contributed by atoms with Gasteiger partial charge < -0.3 is 23.7 Å². The van der Waals surface area contributed by atoms with Crippen LogP contribution in [-0.2, 0) is 48.3 Å². The number of carbonyl (C=O) groups is 1. The minimum absolute atomic E-state index is 0.276. The third-order valence-corrected chi connectivity index (χ3v) is 8.01.